The molecule has 0 amide bonds. The SMILES string of the molecule is CCOc1ccccc1S(=O)(=O)N1CC[C@H](c2ccccc2)S(=O)(=O)CC1. The van der Waals surface area contributed by atoms with Crippen molar-refractivity contribution in [2.75, 3.05) is 25.4 Å². The first-order valence-corrected chi connectivity index (χ1v) is 12.0. The van der Waals surface area contributed by atoms with Crippen LogP contribution in [0.1, 0.15) is 24.2 Å². The van der Waals surface area contributed by atoms with E-state index in [4.69, 9.17) is 4.74 Å². The zero-order valence-electron chi connectivity index (χ0n) is 15.1. The summed E-state index contributed by atoms with van der Waals surface area (Å²) in [7, 11) is -7.30. The van der Waals surface area contributed by atoms with Gasteiger partial charge in [-0.15, -0.1) is 0 Å². The monoisotopic (exact) mass is 409 g/mol. The molecule has 1 aliphatic heterocycles. The minimum atomic E-state index is -3.85. The number of rotatable bonds is 5. The highest BCUT2D eigenvalue weighted by molar-refractivity contribution is 7.92. The van der Waals surface area contributed by atoms with Crippen molar-refractivity contribution in [1.82, 2.24) is 4.31 Å². The van der Waals surface area contributed by atoms with E-state index >= 15 is 0 Å². The second kappa shape index (κ2) is 8.00. The van der Waals surface area contributed by atoms with E-state index in [2.05, 4.69) is 0 Å². The Morgan fingerprint density at radius 3 is 2.41 bits per heavy atom. The number of sulfone groups is 1. The van der Waals surface area contributed by atoms with Crippen LogP contribution in [0.15, 0.2) is 59.5 Å². The second-order valence-corrected chi connectivity index (χ2v) is 10.5. The first-order valence-electron chi connectivity index (χ1n) is 8.85. The number of ether oxygens (including phenoxy) is 1. The van der Waals surface area contributed by atoms with E-state index in [9.17, 15) is 16.8 Å². The van der Waals surface area contributed by atoms with E-state index < -0.39 is 25.1 Å². The van der Waals surface area contributed by atoms with E-state index in [0.717, 1.165) is 0 Å². The average Bonchev–Trinajstić information content (AvgIpc) is 2.81. The Kier molecular flexibility index (Phi) is 5.88. The summed E-state index contributed by atoms with van der Waals surface area (Å²) < 4.78 is 58.5. The van der Waals surface area contributed by atoms with Crippen LogP contribution in [-0.4, -0.2) is 46.6 Å². The Morgan fingerprint density at radius 1 is 1.04 bits per heavy atom. The fourth-order valence-electron chi connectivity index (χ4n) is 3.28. The summed E-state index contributed by atoms with van der Waals surface area (Å²) in [6.45, 7) is 2.21. The molecule has 6 nitrogen and oxygen atoms in total. The quantitative estimate of drug-likeness (QED) is 0.758. The van der Waals surface area contributed by atoms with Crippen molar-refractivity contribution in [1.29, 1.82) is 0 Å². The largest absolute Gasteiger partial charge is 0.492 e. The van der Waals surface area contributed by atoms with Crippen molar-refractivity contribution in [2.24, 2.45) is 0 Å². The van der Waals surface area contributed by atoms with Gasteiger partial charge in [0.25, 0.3) is 0 Å². The van der Waals surface area contributed by atoms with E-state index in [1.165, 1.54) is 10.4 Å². The fraction of sp³-hybridized carbons (Fsp3) is 0.368. The van der Waals surface area contributed by atoms with Crippen molar-refractivity contribution < 1.29 is 21.6 Å². The molecular formula is C19H23NO5S2. The van der Waals surface area contributed by atoms with Crippen LogP contribution in [-0.2, 0) is 19.9 Å². The average molecular weight is 410 g/mol. The minimum Gasteiger partial charge on any atom is -0.492 e. The van der Waals surface area contributed by atoms with E-state index in [0.29, 0.717) is 12.2 Å². The summed E-state index contributed by atoms with van der Waals surface area (Å²) in [6.07, 6.45) is 0.225. The second-order valence-electron chi connectivity index (χ2n) is 6.34. The number of hydrogen-bond donors (Lipinski definition) is 0. The van der Waals surface area contributed by atoms with Crippen molar-refractivity contribution in [3.8, 4) is 5.75 Å². The topological polar surface area (TPSA) is 80.8 Å². The van der Waals surface area contributed by atoms with Gasteiger partial charge in [0, 0.05) is 13.1 Å². The van der Waals surface area contributed by atoms with Crippen molar-refractivity contribution in [2.45, 2.75) is 23.5 Å². The number of para-hydroxylation sites is 1. The summed E-state index contributed by atoms with van der Waals surface area (Å²) >= 11 is 0. The minimum absolute atomic E-state index is 0.0611. The zero-order valence-corrected chi connectivity index (χ0v) is 16.7. The van der Waals surface area contributed by atoms with Gasteiger partial charge >= 0.3 is 0 Å². The summed E-state index contributed by atoms with van der Waals surface area (Å²) in [4.78, 5) is 0.0717. The van der Waals surface area contributed by atoms with Crippen LogP contribution in [0.5, 0.6) is 5.75 Å². The van der Waals surface area contributed by atoms with Gasteiger partial charge in [0.15, 0.2) is 9.84 Å². The van der Waals surface area contributed by atoms with Gasteiger partial charge in [0.1, 0.15) is 10.6 Å². The molecule has 0 aromatic heterocycles. The molecule has 146 valence electrons. The predicted octanol–water partition coefficient (Wildman–Crippen LogP) is 2.64. The summed E-state index contributed by atoms with van der Waals surface area (Å²) in [5.74, 6) is 0.0782. The maximum absolute atomic E-state index is 13.1. The lowest BCUT2D eigenvalue weighted by molar-refractivity contribution is 0.329. The molecule has 0 spiro atoms. The highest BCUT2D eigenvalue weighted by Crippen LogP contribution is 2.33. The molecule has 1 fully saturated rings. The third kappa shape index (κ3) is 4.17. The van der Waals surface area contributed by atoms with Gasteiger partial charge in [-0.3, -0.25) is 0 Å². The molecular weight excluding hydrogens is 386 g/mol. The molecule has 2 aromatic rings. The van der Waals surface area contributed by atoms with Gasteiger partial charge in [-0.2, -0.15) is 4.31 Å². The third-order valence-corrected chi connectivity index (χ3v) is 8.70. The van der Waals surface area contributed by atoms with Crippen LogP contribution < -0.4 is 4.74 Å². The molecule has 3 rings (SSSR count). The van der Waals surface area contributed by atoms with Crippen LogP contribution in [0.25, 0.3) is 0 Å². The van der Waals surface area contributed by atoms with Crippen LogP contribution >= 0.6 is 0 Å². The van der Waals surface area contributed by atoms with Crippen molar-refractivity contribution in [3.05, 3.63) is 60.2 Å². The van der Waals surface area contributed by atoms with Crippen LogP contribution in [0.2, 0.25) is 0 Å². The van der Waals surface area contributed by atoms with Gasteiger partial charge in [-0.25, -0.2) is 16.8 Å². The van der Waals surface area contributed by atoms with Crippen LogP contribution in [0.3, 0.4) is 0 Å². The molecule has 1 saturated heterocycles. The van der Waals surface area contributed by atoms with Gasteiger partial charge in [-0.05, 0) is 31.0 Å². The van der Waals surface area contributed by atoms with Gasteiger partial charge in [0.2, 0.25) is 10.0 Å². The Morgan fingerprint density at radius 2 is 1.70 bits per heavy atom. The highest BCUT2D eigenvalue weighted by Gasteiger charge is 2.36. The van der Waals surface area contributed by atoms with Crippen molar-refractivity contribution in [3.63, 3.8) is 0 Å². The number of benzene rings is 2. The number of hydrogen-bond acceptors (Lipinski definition) is 5. The molecule has 0 aliphatic carbocycles. The molecule has 0 N–H and O–H groups in total. The maximum atomic E-state index is 13.1. The zero-order chi connectivity index (χ0) is 19.5. The van der Waals surface area contributed by atoms with Gasteiger partial charge in [0.05, 0.1) is 17.6 Å². The Labute approximate surface area is 160 Å². The molecule has 1 atom stereocenters. The number of sulfonamides is 1. The molecule has 0 bridgehead atoms. The lowest BCUT2D eigenvalue weighted by Gasteiger charge is -2.21. The summed E-state index contributed by atoms with van der Waals surface area (Å²) in [5, 5.41) is -0.693. The standard InChI is InChI=1S/C19H23NO5S2/c1-2-25-17-10-6-7-11-19(17)27(23,24)20-13-12-18(26(21,22)15-14-20)16-8-4-3-5-9-16/h3-11,18H,2,12-15H2,1H3/t18-/m1/s1. The van der Waals surface area contributed by atoms with E-state index in [1.807, 2.05) is 6.07 Å². The first kappa shape index (κ1) is 19.9. The van der Waals surface area contributed by atoms with E-state index in [-0.39, 0.29) is 35.9 Å². The lowest BCUT2D eigenvalue weighted by atomic mass is 10.1. The molecule has 1 aliphatic rings. The molecule has 8 heteroatoms. The van der Waals surface area contributed by atoms with Crippen LogP contribution in [0, 0.1) is 0 Å². The maximum Gasteiger partial charge on any atom is 0.246 e. The van der Waals surface area contributed by atoms with Crippen LogP contribution in [0.4, 0.5) is 0 Å². The molecule has 0 unspecified atom stereocenters. The van der Waals surface area contributed by atoms with Crippen molar-refractivity contribution >= 4 is 19.9 Å². The van der Waals surface area contributed by atoms with E-state index in [1.54, 1.807) is 49.4 Å². The summed E-state index contributed by atoms with van der Waals surface area (Å²) in [6, 6.07) is 15.4. The smallest absolute Gasteiger partial charge is 0.246 e. The highest BCUT2D eigenvalue weighted by atomic mass is 32.2. The lowest BCUT2D eigenvalue weighted by Crippen LogP contribution is -2.33. The van der Waals surface area contributed by atoms with Gasteiger partial charge in [-0.1, -0.05) is 42.5 Å². The molecule has 1 heterocycles. The normalized spacial score (nSPS) is 20.7. The number of nitrogens with zero attached hydrogens (tertiary/aromatic N) is 1. The molecule has 0 radical (unpaired) electrons. The summed E-state index contributed by atoms with van der Waals surface area (Å²) in [5.41, 5.74) is 0.700. The predicted molar refractivity (Wildman–Crippen MR) is 104 cm³/mol. The van der Waals surface area contributed by atoms with Gasteiger partial charge < -0.3 is 4.74 Å². The first-order chi connectivity index (χ1) is 12.9. The molecule has 27 heavy (non-hydrogen) atoms. The third-order valence-electron chi connectivity index (χ3n) is 4.64. The Hall–Kier alpha value is -1.90. The Bertz CT molecular complexity index is 988. The Balaban J connectivity index is 1.91. The molecule has 0 saturated carbocycles. The molecule has 2 aromatic carbocycles. The fourth-order valence-corrected chi connectivity index (χ4v) is 6.78.